The van der Waals surface area contributed by atoms with Crippen LogP contribution in [-0.2, 0) is 16.8 Å². The highest BCUT2D eigenvalue weighted by Crippen LogP contribution is 2.26. The molecular weight excluding hydrogens is 480 g/mol. The Labute approximate surface area is 216 Å². The third-order valence-electron chi connectivity index (χ3n) is 6.28. The van der Waals surface area contributed by atoms with Crippen molar-refractivity contribution in [1.29, 1.82) is 0 Å². The van der Waals surface area contributed by atoms with E-state index in [1.54, 1.807) is 11.8 Å². The number of hydrogen-bond donors (Lipinski definition) is 1. The fourth-order valence-corrected chi connectivity index (χ4v) is 5.01. The van der Waals surface area contributed by atoms with Crippen molar-refractivity contribution in [1.82, 2.24) is 20.4 Å². The third kappa shape index (κ3) is 7.32. The number of halogens is 1. The molecule has 6 nitrogen and oxygen atoms in total. The average molecular weight is 513 g/mol. The van der Waals surface area contributed by atoms with Gasteiger partial charge in [0.25, 0.3) is 0 Å². The number of piperidine rings is 1. The number of benzene rings is 2. The summed E-state index contributed by atoms with van der Waals surface area (Å²) in [5.74, 6) is 2.28. The zero-order chi connectivity index (χ0) is 24.8. The summed E-state index contributed by atoms with van der Waals surface area (Å²) in [6.45, 7) is 9.55. The van der Waals surface area contributed by atoms with Gasteiger partial charge in [0.15, 0.2) is 0 Å². The largest absolute Gasteiger partial charge is 0.355 e. The van der Waals surface area contributed by atoms with Crippen LogP contribution in [0.15, 0.2) is 57.9 Å². The molecule has 0 unspecified atom stereocenters. The van der Waals surface area contributed by atoms with Gasteiger partial charge < -0.3 is 9.84 Å². The molecule has 186 valence electrons. The predicted octanol–water partition coefficient (Wildman–Crippen LogP) is 5.81. The molecule has 1 aromatic heterocycles. The summed E-state index contributed by atoms with van der Waals surface area (Å²) < 4.78 is 5.51. The Kier molecular flexibility index (Phi) is 8.52. The zero-order valence-electron chi connectivity index (χ0n) is 20.6. The second kappa shape index (κ2) is 11.6. The summed E-state index contributed by atoms with van der Waals surface area (Å²) in [5.41, 5.74) is 2.34. The smallest absolute Gasteiger partial charge is 0.241 e. The van der Waals surface area contributed by atoms with Gasteiger partial charge in [0, 0.05) is 33.7 Å². The van der Waals surface area contributed by atoms with Gasteiger partial charge in [-0.1, -0.05) is 61.8 Å². The second-order valence-corrected chi connectivity index (χ2v) is 11.6. The molecule has 1 amide bonds. The number of amides is 1. The van der Waals surface area contributed by atoms with Gasteiger partial charge in [0.05, 0.1) is 6.54 Å². The van der Waals surface area contributed by atoms with Crippen molar-refractivity contribution < 1.29 is 9.32 Å². The van der Waals surface area contributed by atoms with Gasteiger partial charge in [-0.2, -0.15) is 4.98 Å². The van der Waals surface area contributed by atoms with Crippen LogP contribution in [-0.4, -0.2) is 46.3 Å². The van der Waals surface area contributed by atoms with Crippen LogP contribution in [0, 0.1) is 5.92 Å². The van der Waals surface area contributed by atoms with E-state index in [-0.39, 0.29) is 17.2 Å². The number of likely N-dealkylation sites (tertiary alicyclic amines) is 1. The summed E-state index contributed by atoms with van der Waals surface area (Å²) >= 11 is 7.63. The Morgan fingerprint density at radius 2 is 1.80 bits per heavy atom. The van der Waals surface area contributed by atoms with E-state index in [1.165, 1.54) is 5.56 Å². The highest BCUT2D eigenvalue weighted by molar-refractivity contribution is 7.99. The van der Waals surface area contributed by atoms with E-state index < -0.39 is 0 Å². The molecular formula is C27H33ClN4O2S. The van der Waals surface area contributed by atoms with Crippen molar-refractivity contribution in [3.8, 4) is 11.4 Å². The summed E-state index contributed by atoms with van der Waals surface area (Å²) in [4.78, 5) is 20.6. The van der Waals surface area contributed by atoms with Gasteiger partial charge in [0.1, 0.15) is 0 Å². The molecule has 3 aromatic rings. The molecule has 1 saturated heterocycles. The Morgan fingerprint density at radius 3 is 2.46 bits per heavy atom. The molecule has 8 heteroatoms. The summed E-state index contributed by atoms with van der Waals surface area (Å²) in [5, 5.41) is 7.99. The number of aromatic nitrogens is 2. The average Bonchev–Trinajstić information content (AvgIpc) is 3.31. The second-order valence-electron chi connectivity index (χ2n) is 9.98. The highest BCUT2D eigenvalue weighted by atomic mass is 35.5. The van der Waals surface area contributed by atoms with Crippen molar-refractivity contribution in [3.63, 3.8) is 0 Å². The molecule has 1 aliphatic heterocycles. The van der Waals surface area contributed by atoms with Crippen molar-refractivity contribution in [2.24, 2.45) is 5.92 Å². The maximum atomic E-state index is 12.6. The fraction of sp³-hybridized carbons (Fsp3) is 0.444. The monoisotopic (exact) mass is 512 g/mol. The lowest BCUT2D eigenvalue weighted by Crippen LogP contribution is -2.40. The van der Waals surface area contributed by atoms with Crippen molar-refractivity contribution >= 4 is 29.3 Å². The SMILES string of the molecule is CC(C)(C)c1ccc(-c2noc(CN3CCC(C(=O)NCCSc4ccc(Cl)cc4)CC3)n2)cc1. The van der Waals surface area contributed by atoms with E-state index in [0.29, 0.717) is 24.8 Å². The maximum Gasteiger partial charge on any atom is 0.241 e. The van der Waals surface area contributed by atoms with Gasteiger partial charge in [-0.15, -0.1) is 11.8 Å². The molecule has 1 fully saturated rings. The number of thioether (sulfide) groups is 1. The molecule has 35 heavy (non-hydrogen) atoms. The molecule has 0 atom stereocenters. The van der Waals surface area contributed by atoms with Crippen LogP contribution in [0.4, 0.5) is 0 Å². The Hall–Kier alpha value is -2.35. The molecule has 0 aliphatic carbocycles. The lowest BCUT2D eigenvalue weighted by Gasteiger charge is -2.30. The Bertz CT molecular complexity index is 1100. The minimum absolute atomic E-state index is 0.0614. The van der Waals surface area contributed by atoms with Gasteiger partial charge in [-0.3, -0.25) is 9.69 Å². The number of nitrogens with zero attached hydrogens (tertiary/aromatic N) is 3. The summed E-state index contributed by atoms with van der Waals surface area (Å²) in [6.07, 6.45) is 1.68. The molecule has 1 N–H and O–H groups in total. The first kappa shape index (κ1) is 25.7. The highest BCUT2D eigenvalue weighted by Gasteiger charge is 2.26. The van der Waals surface area contributed by atoms with E-state index in [2.05, 4.69) is 53.3 Å². The molecule has 0 bridgehead atoms. The van der Waals surface area contributed by atoms with Crippen molar-refractivity contribution in [2.45, 2.75) is 50.5 Å². The standard InChI is InChI=1S/C27H33ClN4O2S/c1-27(2,3)21-6-4-19(5-7-21)25-30-24(34-31-25)18-32-15-12-20(13-16-32)26(33)29-14-17-35-23-10-8-22(28)9-11-23/h4-11,20H,12-18H2,1-3H3,(H,29,33). The molecule has 1 aliphatic rings. The third-order valence-corrected chi connectivity index (χ3v) is 7.54. The summed E-state index contributed by atoms with van der Waals surface area (Å²) in [7, 11) is 0. The van der Waals surface area contributed by atoms with Crippen LogP contribution in [0.5, 0.6) is 0 Å². The van der Waals surface area contributed by atoms with E-state index in [1.807, 2.05) is 36.4 Å². The minimum atomic E-state index is 0.0614. The van der Waals surface area contributed by atoms with Crippen molar-refractivity contribution in [3.05, 3.63) is 65.0 Å². The number of rotatable bonds is 8. The van der Waals surface area contributed by atoms with Crippen LogP contribution >= 0.6 is 23.4 Å². The van der Waals surface area contributed by atoms with Crippen molar-refractivity contribution in [2.75, 3.05) is 25.4 Å². The first-order chi connectivity index (χ1) is 16.8. The minimum Gasteiger partial charge on any atom is -0.355 e. The first-order valence-corrected chi connectivity index (χ1v) is 13.5. The molecule has 2 heterocycles. The maximum absolute atomic E-state index is 12.6. The Balaban J connectivity index is 1.18. The number of carbonyl (C=O) groups excluding carboxylic acids is 1. The first-order valence-electron chi connectivity index (χ1n) is 12.1. The van der Waals surface area contributed by atoms with E-state index in [9.17, 15) is 4.79 Å². The van der Waals surface area contributed by atoms with Crippen LogP contribution < -0.4 is 5.32 Å². The molecule has 0 spiro atoms. The number of hydrogen-bond acceptors (Lipinski definition) is 6. The van der Waals surface area contributed by atoms with Crippen LogP contribution in [0.1, 0.15) is 45.1 Å². The molecule has 0 radical (unpaired) electrons. The normalized spacial score (nSPS) is 15.3. The molecule has 0 saturated carbocycles. The van der Waals surface area contributed by atoms with Gasteiger partial charge in [0.2, 0.25) is 17.6 Å². The van der Waals surface area contributed by atoms with E-state index in [4.69, 9.17) is 16.1 Å². The lowest BCUT2D eigenvalue weighted by molar-refractivity contribution is -0.126. The Morgan fingerprint density at radius 1 is 1.11 bits per heavy atom. The fourth-order valence-electron chi connectivity index (χ4n) is 4.12. The van der Waals surface area contributed by atoms with Crippen LogP contribution in [0.25, 0.3) is 11.4 Å². The number of nitrogens with one attached hydrogen (secondary N) is 1. The van der Waals surface area contributed by atoms with Gasteiger partial charge in [-0.05, 0) is 61.2 Å². The van der Waals surface area contributed by atoms with Crippen LogP contribution in [0.2, 0.25) is 5.02 Å². The van der Waals surface area contributed by atoms with Gasteiger partial charge in [-0.25, -0.2) is 0 Å². The zero-order valence-corrected chi connectivity index (χ0v) is 22.2. The predicted molar refractivity (Wildman–Crippen MR) is 142 cm³/mol. The van der Waals surface area contributed by atoms with Crippen LogP contribution in [0.3, 0.4) is 0 Å². The van der Waals surface area contributed by atoms with E-state index >= 15 is 0 Å². The van der Waals surface area contributed by atoms with Gasteiger partial charge >= 0.3 is 0 Å². The van der Waals surface area contributed by atoms with E-state index in [0.717, 1.165) is 47.2 Å². The lowest BCUT2D eigenvalue weighted by atomic mass is 9.87. The quantitative estimate of drug-likeness (QED) is 0.303. The topological polar surface area (TPSA) is 71.3 Å². The molecule has 4 rings (SSSR count). The summed E-state index contributed by atoms with van der Waals surface area (Å²) in [6, 6.07) is 16.1. The molecule has 2 aromatic carbocycles. The number of carbonyl (C=O) groups is 1.